The van der Waals surface area contributed by atoms with E-state index in [0.717, 1.165) is 24.7 Å². The number of aromatic nitrogens is 1. The van der Waals surface area contributed by atoms with E-state index in [-0.39, 0.29) is 5.91 Å². The molecule has 0 radical (unpaired) electrons. The Bertz CT molecular complexity index is 1140. The van der Waals surface area contributed by atoms with E-state index in [1.165, 1.54) is 0 Å². The second kappa shape index (κ2) is 9.13. The standard InChI is InChI=1S/C22H16ClN3OS2/c23-16-7-9-17(10-8-16)28-21-12-11-18(29-21)15-24-25-22(27)19-5-1-2-6-20(19)26-13-3-4-14-26/h1-15H,(H,25,27)/b24-15-. The third-order valence-corrected chi connectivity index (χ3v) is 6.43. The lowest BCUT2D eigenvalue weighted by Gasteiger charge is -2.08. The summed E-state index contributed by atoms with van der Waals surface area (Å²) in [5.74, 6) is -0.252. The van der Waals surface area contributed by atoms with Crippen LogP contribution in [0, 0.1) is 0 Å². The van der Waals surface area contributed by atoms with Crippen molar-refractivity contribution in [3.05, 3.63) is 101 Å². The van der Waals surface area contributed by atoms with Crippen molar-refractivity contribution in [3.8, 4) is 5.69 Å². The number of carbonyl (C=O) groups excluding carboxylic acids is 1. The van der Waals surface area contributed by atoms with Crippen LogP contribution in [0.15, 0.2) is 99.4 Å². The van der Waals surface area contributed by atoms with Crippen molar-refractivity contribution in [2.24, 2.45) is 5.10 Å². The van der Waals surface area contributed by atoms with Crippen molar-refractivity contribution < 1.29 is 4.79 Å². The summed E-state index contributed by atoms with van der Waals surface area (Å²) in [4.78, 5) is 14.7. The molecular formula is C22H16ClN3OS2. The number of halogens is 1. The second-order valence-corrected chi connectivity index (χ2v) is 8.94. The van der Waals surface area contributed by atoms with Crippen LogP contribution in [0.5, 0.6) is 0 Å². The first-order valence-electron chi connectivity index (χ1n) is 8.78. The first kappa shape index (κ1) is 19.5. The van der Waals surface area contributed by atoms with Crippen LogP contribution >= 0.6 is 34.7 Å². The number of thiophene rings is 1. The quantitative estimate of drug-likeness (QED) is 0.292. The maximum absolute atomic E-state index is 12.6. The Labute approximate surface area is 181 Å². The maximum atomic E-state index is 12.6. The molecule has 29 heavy (non-hydrogen) atoms. The molecule has 1 amide bonds. The minimum atomic E-state index is -0.252. The molecule has 0 aliphatic heterocycles. The average Bonchev–Trinajstić information content (AvgIpc) is 3.42. The second-order valence-electron chi connectivity index (χ2n) is 6.02. The zero-order valence-corrected chi connectivity index (χ0v) is 17.5. The van der Waals surface area contributed by atoms with E-state index in [1.807, 2.05) is 83.7 Å². The van der Waals surface area contributed by atoms with Gasteiger partial charge in [0.15, 0.2) is 0 Å². The Morgan fingerprint density at radius 2 is 1.76 bits per heavy atom. The smallest absolute Gasteiger partial charge is 0.273 e. The summed E-state index contributed by atoms with van der Waals surface area (Å²) in [5, 5.41) is 4.85. The van der Waals surface area contributed by atoms with Gasteiger partial charge in [-0.15, -0.1) is 11.3 Å². The zero-order chi connectivity index (χ0) is 20.1. The van der Waals surface area contributed by atoms with Crippen LogP contribution in [-0.4, -0.2) is 16.7 Å². The van der Waals surface area contributed by atoms with Crippen molar-refractivity contribution in [3.63, 3.8) is 0 Å². The molecular weight excluding hydrogens is 422 g/mol. The number of rotatable bonds is 6. The van der Waals surface area contributed by atoms with Gasteiger partial charge in [-0.05, 0) is 60.7 Å². The number of hydrazone groups is 1. The van der Waals surface area contributed by atoms with E-state index in [2.05, 4.69) is 10.5 Å². The van der Waals surface area contributed by atoms with Gasteiger partial charge in [0.25, 0.3) is 5.91 Å². The van der Waals surface area contributed by atoms with E-state index in [1.54, 1.807) is 35.4 Å². The number of amides is 1. The molecule has 0 atom stereocenters. The molecule has 0 aliphatic rings. The monoisotopic (exact) mass is 437 g/mol. The predicted molar refractivity (Wildman–Crippen MR) is 121 cm³/mol. The molecule has 0 spiro atoms. The van der Waals surface area contributed by atoms with Gasteiger partial charge < -0.3 is 4.57 Å². The molecule has 0 unspecified atom stereocenters. The third kappa shape index (κ3) is 4.98. The number of carbonyl (C=O) groups is 1. The highest BCUT2D eigenvalue weighted by Gasteiger charge is 2.11. The van der Waals surface area contributed by atoms with Gasteiger partial charge in [0.05, 0.1) is 21.7 Å². The summed E-state index contributed by atoms with van der Waals surface area (Å²) in [6, 6.07) is 23.0. The largest absolute Gasteiger partial charge is 0.323 e. The molecule has 0 aliphatic carbocycles. The Balaban J connectivity index is 1.40. The summed E-state index contributed by atoms with van der Waals surface area (Å²) >= 11 is 9.19. The number of nitrogens with one attached hydrogen (secondary N) is 1. The SMILES string of the molecule is O=C(N/N=C\c1ccc(Sc2ccc(Cl)cc2)s1)c1ccccc1-n1cccc1. The van der Waals surface area contributed by atoms with Crippen molar-refractivity contribution in [1.82, 2.24) is 9.99 Å². The van der Waals surface area contributed by atoms with Crippen molar-refractivity contribution >= 4 is 46.8 Å². The van der Waals surface area contributed by atoms with Crippen LogP contribution in [0.1, 0.15) is 15.2 Å². The minimum absolute atomic E-state index is 0.252. The molecule has 2 aromatic carbocycles. The highest BCUT2D eigenvalue weighted by atomic mass is 35.5. The molecule has 7 heteroatoms. The fraction of sp³-hybridized carbons (Fsp3) is 0. The molecule has 2 aromatic heterocycles. The zero-order valence-electron chi connectivity index (χ0n) is 15.2. The molecule has 0 fully saturated rings. The van der Waals surface area contributed by atoms with Crippen molar-refractivity contribution in [1.29, 1.82) is 0 Å². The minimum Gasteiger partial charge on any atom is -0.323 e. The van der Waals surface area contributed by atoms with E-state index in [9.17, 15) is 4.79 Å². The van der Waals surface area contributed by atoms with Crippen LogP contribution in [0.4, 0.5) is 0 Å². The van der Waals surface area contributed by atoms with Gasteiger partial charge in [0.1, 0.15) is 0 Å². The Kier molecular flexibility index (Phi) is 6.14. The van der Waals surface area contributed by atoms with Gasteiger partial charge in [-0.1, -0.05) is 35.5 Å². The number of nitrogens with zero attached hydrogens (tertiary/aromatic N) is 2. The topological polar surface area (TPSA) is 46.4 Å². The Hall–Kier alpha value is -2.80. The lowest BCUT2D eigenvalue weighted by atomic mass is 10.1. The molecule has 144 valence electrons. The lowest BCUT2D eigenvalue weighted by molar-refractivity contribution is 0.0955. The summed E-state index contributed by atoms with van der Waals surface area (Å²) in [5.41, 5.74) is 3.99. The number of para-hydroxylation sites is 1. The van der Waals surface area contributed by atoms with Gasteiger partial charge in [0, 0.05) is 27.2 Å². The van der Waals surface area contributed by atoms with E-state index in [0.29, 0.717) is 5.56 Å². The summed E-state index contributed by atoms with van der Waals surface area (Å²) in [6.07, 6.45) is 5.47. The van der Waals surface area contributed by atoms with E-state index in [4.69, 9.17) is 11.6 Å². The molecule has 1 N–H and O–H groups in total. The van der Waals surface area contributed by atoms with Gasteiger partial charge in [-0.2, -0.15) is 5.10 Å². The fourth-order valence-electron chi connectivity index (χ4n) is 2.68. The normalized spacial score (nSPS) is 11.1. The molecule has 0 saturated carbocycles. The highest BCUT2D eigenvalue weighted by Crippen LogP contribution is 2.33. The van der Waals surface area contributed by atoms with E-state index < -0.39 is 0 Å². The fourth-order valence-corrected chi connectivity index (χ4v) is 4.80. The molecule has 0 bridgehead atoms. The average molecular weight is 438 g/mol. The van der Waals surface area contributed by atoms with Crippen LogP contribution in [0.3, 0.4) is 0 Å². The van der Waals surface area contributed by atoms with Crippen molar-refractivity contribution in [2.75, 3.05) is 0 Å². The van der Waals surface area contributed by atoms with Gasteiger partial charge in [-0.25, -0.2) is 5.43 Å². The van der Waals surface area contributed by atoms with Gasteiger partial charge in [0.2, 0.25) is 0 Å². The highest BCUT2D eigenvalue weighted by molar-refractivity contribution is 8.01. The molecule has 4 aromatic rings. The first-order chi connectivity index (χ1) is 14.2. The molecule has 2 heterocycles. The summed E-state index contributed by atoms with van der Waals surface area (Å²) in [6.45, 7) is 0. The Morgan fingerprint density at radius 3 is 2.55 bits per heavy atom. The van der Waals surface area contributed by atoms with Crippen LogP contribution in [0.25, 0.3) is 5.69 Å². The van der Waals surface area contributed by atoms with Crippen LogP contribution in [0.2, 0.25) is 5.02 Å². The molecule has 0 saturated heterocycles. The predicted octanol–water partition coefficient (Wildman–Crippen LogP) is 6.11. The van der Waals surface area contributed by atoms with Gasteiger partial charge >= 0.3 is 0 Å². The number of hydrogen-bond acceptors (Lipinski definition) is 4. The van der Waals surface area contributed by atoms with Crippen molar-refractivity contribution in [2.45, 2.75) is 9.10 Å². The molecule has 4 nitrogen and oxygen atoms in total. The van der Waals surface area contributed by atoms with Gasteiger partial charge in [-0.3, -0.25) is 4.79 Å². The maximum Gasteiger partial charge on any atom is 0.273 e. The van der Waals surface area contributed by atoms with Crippen LogP contribution in [-0.2, 0) is 0 Å². The van der Waals surface area contributed by atoms with E-state index >= 15 is 0 Å². The summed E-state index contributed by atoms with van der Waals surface area (Å²) in [7, 11) is 0. The lowest BCUT2D eigenvalue weighted by Crippen LogP contribution is -2.19. The first-order valence-corrected chi connectivity index (χ1v) is 10.8. The molecule has 4 rings (SSSR count). The third-order valence-electron chi connectivity index (χ3n) is 4.02. The number of hydrogen-bond donors (Lipinski definition) is 1. The summed E-state index contributed by atoms with van der Waals surface area (Å²) < 4.78 is 3.04. The Morgan fingerprint density at radius 1 is 1.00 bits per heavy atom. The number of benzene rings is 2. The van der Waals surface area contributed by atoms with Crippen LogP contribution < -0.4 is 5.43 Å².